The van der Waals surface area contributed by atoms with Gasteiger partial charge in [-0.2, -0.15) is 0 Å². The Balaban J connectivity index is 1.66. The second-order valence-electron chi connectivity index (χ2n) is 8.45. The number of anilines is 2. The van der Waals surface area contributed by atoms with Crippen LogP contribution in [0.1, 0.15) is 32.8 Å². The molecule has 1 heterocycles. The van der Waals surface area contributed by atoms with Gasteiger partial charge in [0.2, 0.25) is 5.91 Å². The van der Waals surface area contributed by atoms with Crippen LogP contribution in [0.5, 0.6) is 5.75 Å². The molecule has 7 nitrogen and oxygen atoms in total. The van der Waals surface area contributed by atoms with E-state index in [0.29, 0.717) is 36.6 Å². The molecule has 1 atom stereocenters. The number of likely N-dealkylation sites (tertiary alicyclic amines) is 1. The number of hydrogen-bond acceptors (Lipinski definition) is 5. The average molecular weight is 429 g/mol. The molecule has 0 spiro atoms. The van der Waals surface area contributed by atoms with Crippen molar-refractivity contribution < 1.29 is 23.5 Å². The van der Waals surface area contributed by atoms with E-state index in [1.54, 1.807) is 56.0 Å². The molecular weight excluding hydrogens is 401 g/mol. The summed E-state index contributed by atoms with van der Waals surface area (Å²) in [6.45, 7) is 6.39. The molecule has 1 aliphatic rings. The maximum absolute atomic E-state index is 13.1. The van der Waals surface area contributed by atoms with Crippen molar-refractivity contribution >= 4 is 23.4 Å². The molecule has 3 rings (SSSR count). The predicted octanol–water partition coefficient (Wildman–Crippen LogP) is 4.39. The van der Waals surface area contributed by atoms with Crippen LogP contribution < -0.4 is 15.4 Å². The van der Waals surface area contributed by atoms with Crippen LogP contribution in [0.4, 0.5) is 20.6 Å². The summed E-state index contributed by atoms with van der Waals surface area (Å²) >= 11 is 0. The number of rotatable bonds is 6. The van der Waals surface area contributed by atoms with Crippen molar-refractivity contribution in [3.8, 4) is 5.75 Å². The fourth-order valence-electron chi connectivity index (χ4n) is 3.34. The van der Waals surface area contributed by atoms with Gasteiger partial charge in [-0.05, 0) is 51.0 Å². The first-order valence-corrected chi connectivity index (χ1v) is 10.1. The maximum atomic E-state index is 13.1. The van der Waals surface area contributed by atoms with E-state index < -0.39 is 17.7 Å². The van der Waals surface area contributed by atoms with Crippen LogP contribution in [0.25, 0.3) is 0 Å². The van der Waals surface area contributed by atoms with Gasteiger partial charge in [-0.25, -0.2) is 9.18 Å². The lowest BCUT2D eigenvalue weighted by atomic mass is 10.2. The van der Waals surface area contributed by atoms with E-state index in [0.717, 1.165) is 5.56 Å². The number of carbonyl (C=O) groups excluding carboxylic acids is 2. The average Bonchev–Trinajstić information content (AvgIpc) is 3.01. The number of carbonyl (C=O) groups is 2. The van der Waals surface area contributed by atoms with Gasteiger partial charge in [0, 0.05) is 36.6 Å². The minimum Gasteiger partial charge on any atom is -0.497 e. The highest BCUT2D eigenvalue weighted by Gasteiger charge is 2.31. The molecule has 166 valence electrons. The van der Waals surface area contributed by atoms with Gasteiger partial charge in [-0.1, -0.05) is 12.1 Å². The zero-order chi connectivity index (χ0) is 22.6. The molecule has 2 N–H and O–H groups in total. The molecule has 1 saturated heterocycles. The number of halogens is 1. The lowest BCUT2D eigenvalue weighted by Crippen LogP contribution is -2.33. The highest BCUT2D eigenvalue weighted by atomic mass is 19.1. The molecule has 2 aromatic rings. The molecule has 0 saturated carbocycles. The minimum absolute atomic E-state index is 0.0335. The van der Waals surface area contributed by atoms with Crippen molar-refractivity contribution in [1.29, 1.82) is 0 Å². The Kier molecular flexibility index (Phi) is 6.68. The molecule has 0 bridgehead atoms. The molecule has 0 unspecified atom stereocenters. The number of hydrogen-bond donors (Lipinski definition) is 2. The van der Waals surface area contributed by atoms with E-state index in [4.69, 9.17) is 9.47 Å². The van der Waals surface area contributed by atoms with Gasteiger partial charge in [-0.3, -0.25) is 10.1 Å². The van der Waals surface area contributed by atoms with Crippen molar-refractivity contribution in [2.24, 2.45) is 0 Å². The Bertz CT molecular complexity index is 941. The summed E-state index contributed by atoms with van der Waals surface area (Å²) in [7, 11) is 1.53. The summed E-state index contributed by atoms with van der Waals surface area (Å²) in [5.74, 6) is 0.198. The Morgan fingerprint density at radius 2 is 1.84 bits per heavy atom. The Hall–Kier alpha value is -3.29. The second kappa shape index (κ2) is 9.24. The van der Waals surface area contributed by atoms with Crippen molar-refractivity contribution in [3.05, 3.63) is 53.8 Å². The summed E-state index contributed by atoms with van der Waals surface area (Å²) in [4.78, 5) is 26.7. The normalized spacial score (nSPS) is 16.2. The van der Waals surface area contributed by atoms with E-state index in [1.165, 1.54) is 19.2 Å². The third kappa shape index (κ3) is 6.34. The van der Waals surface area contributed by atoms with Gasteiger partial charge in [0.15, 0.2) is 0 Å². The summed E-state index contributed by atoms with van der Waals surface area (Å²) < 4.78 is 23.7. The fourth-order valence-corrected chi connectivity index (χ4v) is 3.34. The number of nitrogens with one attached hydrogen (secondary N) is 2. The zero-order valence-corrected chi connectivity index (χ0v) is 18.2. The molecule has 0 aromatic heterocycles. The zero-order valence-electron chi connectivity index (χ0n) is 18.2. The number of benzene rings is 2. The van der Waals surface area contributed by atoms with E-state index in [-0.39, 0.29) is 11.7 Å². The molecule has 0 radical (unpaired) electrons. The number of ether oxygens (including phenoxy) is 2. The Morgan fingerprint density at radius 1 is 1.16 bits per heavy atom. The maximum Gasteiger partial charge on any atom is 0.412 e. The molecule has 2 amide bonds. The first-order chi connectivity index (χ1) is 14.6. The van der Waals surface area contributed by atoms with Crippen LogP contribution in [0.3, 0.4) is 0 Å². The Labute approximate surface area is 181 Å². The number of methoxy groups -OCH3 is 1. The summed E-state index contributed by atoms with van der Waals surface area (Å²) in [6.07, 6.45) is 0.0561. The molecular formula is C23H28FN3O4. The first kappa shape index (κ1) is 22.4. The van der Waals surface area contributed by atoms with Gasteiger partial charge in [-0.15, -0.1) is 0 Å². The van der Waals surface area contributed by atoms with Crippen molar-refractivity contribution in [2.45, 2.75) is 45.4 Å². The summed E-state index contributed by atoms with van der Waals surface area (Å²) in [5, 5.41) is 5.92. The van der Waals surface area contributed by atoms with Crippen LogP contribution in [0, 0.1) is 5.82 Å². The van der Waals surface area contributed by atoms with Crippen LogP contribution in [-0.4, -0.2) is 42.2 Å². The largest absolute Gasteiger partial charge is 0.497 e. The third-order valence-electron chi connectivity index (χ3n) is 4.71. The van der Waals surface area contributed by atoms with Gasteiger partial charge in [0.05, 0.1) is 7.11 Å². The van der Waals surface area contributed by atoms with E-state index in [2.05, 4.69) is 10.6 Å². The van der Waals surface area contributed by atoms with Crippen molar-refractivity contribution in [3.63, 3.8) is 0 Å². The lowest BCUT2D eigenvalue weighted by molar-refractivity contribution is -0.128. The number of amides is 2. The highest BCUT2D eigenvalue weighted by molar-refractivity contribution is 5.88. The van der Waals surface area contributed by atoms with Gasteiger partial charge in [0.25, 0.3) is 0 Å². The molecule has 31 heavy (non-hydrogen) atoms. The van der Waals surface area contributed by atoms with E-state index in [1.807, 2.05) is 0 Å². The standard InChI is InChI=1S/C23H28FN3O4/c1-23(2,3)31-22(29)26-18-11-17(12-19(13-18)30-4)25-20-9-10-27(21(20)28)14-15-5-7-16(24)8-6-15/h5-8,11-13,20,25H,9-10,14H2,1-4H3,(H,26,29)/t20-/m0/s1. The lowest BCUT2D eigenvalue weighted by Gasteiger charge is -2.20. The molecule has 1 fully saturated rings. The van der Waals surface area contributed by atoms with E-state index in [9.17, 15) is 14.0 Å². The van der Waals surface area contributed by atoms with Crippen molar-refractivity contribution in [1.82, 2.24) is 4.90 Å². The molecule has 8 heteroatoms. The molecule has 2 aromatic carbocycles. The topological polar surface area (TPSA) is 79.9 Å². The van der Waals surface area contributed by atoms with Gasteiger partial charge >= 0.3 is 6.09 Å². The molecule has 0 aliphatic carbocycles. The SMILES string of the molecule is COc1cc(NC(=O)OC(C)(C)C)cc(N[C@H]2CCN(Cc3ccc(F)cc3)C2=O)c1. The van der Waals surface area contributed by atoms with E-state index >= 15 is 0 Å². The Morgan fingerprint density at radius 3 is 2.48 bits per heavy atom. The fraction of sp³-hybridized carbons (Fsp3) is 0.391. The highest BCUT2D eigenvalue weighted by Crippen LogP contribution is 2.27. The minimum atomic E-state index is -0.617. The van der Waals surface area contributed by atoms with Gasteiger partial charge in [0.1, 0.15) is 23.2 Å². The molecule has 1 aliphatic heterocycles. The second-order valence-corrected chi connectivity index (χ2v) is 8.45. The predicted molar refractivity (Wildman–Crippen MR) is 117 cm³/mol. The van der Waals surface area contributed by atoms with Gasteiger partial charge < -0.3 is 19.7 Å². The van der Waals surface area contributed by atoms with Crippen LogP contribution in [0.15, 0.2) is 42.5 Å². The third-order valence-corrected chi connectivity index (χ3v) is 4.71. The monoisotopic (exact) mass is 429 g/mol. The van der Waals surface area contributed by atoms with Crippen LogP contribution in [-0.2, 0) is 16.1 Å². The summed E-state index contributed by atoms with van der Waals surface area (Å²) in [6, 6.07) is 10.9. The van der Waals surface area contributed by atoms with Crippen LogP contribution in [0.2, 0.25) is 0 Å². The smallest absolute Gasteiger partial charge is 0.412 e. The van der Waals surface area contributed by atoms with Crippen molar-refractivity contribution in [2.75, 3.05) is 24.3 Å². The number of nitrogens with zero attached hydrogens (tertiary/aromatic N) is 1. The quantitative estimate of drug-likeness (QED) is 0.712. The summed E-state index contributed by atoms with van der Waals surface area (Å²) in [5.41, 5.74) is 1.40. The van der Waals surface area contributed by atoms with Crippen LogP contribution >= 0.6 is 0 Å². The first-order valence-electron chi connectivity index (χ1n) is 10.1.